The fourth-order valence-corrected chi connectivity index (χ4v) is 2.18. The number of anilines is 1. The van der Waals surface area contributed by atoms with Crippen molar-refractivity contribution in [3.05, 3.63) is 18.3 Å². The number of β-amino-alcohol motifs (C(OH)–C–C–N with tert-alkyl or cyclic N) is 1. The molecule has 1 fully saturated rings. The van der Waals surface area contributed by atoms with E-state index in [1.807, 2.05) is 4.90 Å². The third-order valence-corrected chi connectivity index (χ3v) is 2.93. The highest BCUT2D eigenvalue weighted by molar-refractivity contribution is 5.37. The van der Waals surface area contributed by atoms with Gasteiger partial charge in [-0.15, -0.1) is 0 Å². The van der Waals surface area contributed by atoms with Crippen LogP contribution in [-0.4, -0.2) is 58.3 Å². The number of rotatable bonds is 3. The smallest absolute Gasteiger partial charge is 0.218 e. The van der Waals surface area contributed by atoms with Crippen LogP contribution in [0.1, 0.15) is 13.8 Å². The highest BCUT2D eigenvalue weighted by Crippen LogP contribution is 2.14. The first kappa shape index (κ1) is 13.2. The molecular weight excluding hydrogens is 235 g/mol. The fraction of sp³-hybridized carbons (Fsp3) is 0.667. The van der Waals surface area contributed by atoms with E-state index in [0.717, 1.165) is 26.2 Å². The Morgan fingerprint density at radius 1 is 1.28 bits per heavy atom. The van der Waals surface area contributed by atoms with Crippen LogP contribution in [-0.2, 0) is 0 Å². The standard InChI is InChI=1S/C12H19FN4O/c1-12(2,18)8-16-3-5-17(6-4-16)11-7-10(13)14-9-15-11/h7,9,18H,3-6,8H2,1-2H3. The summed E-state index contributed by atoms with van der Waals surface area (Å²) in [4.78, 5) is 11.8. The molecule has 0 saturated carbocycles. The molecule has 1 N–H and O–H groups in total. The van der Waals surface area contributed by atoms with E-state index in [2.05, 4.69) is 14.9 Å². The van der Waals surface area contributed by atoms with Crippen LogP contribution in [0.5, 0.6) is 0 Å². The molecule has 1 aliphatic heterocycles. The third-order valence-electron chi connectivity index (χ3n) is 2.93. The van der Waals surface area contributed by atoms with Gasteiger partial charge in [0.15, 0.2) is 0 Å². The monoisotopic (exact) mass is 254 g/mol. The van der Waals surface area contributed by atoms with Gasteiger partial charge < -0.3 is 10.0 Å². The maximum absolute atomic E-state index is 13.0. The highest BCUT2D eigenvalue weighted by Gasteiger charge is 2.23. The molecule has 0 radical (unpaired) electrons. The van der Waals surface area contributed by atoms with E-state index in [-0.39, 0.29) is 0 Å². The van der Waals surface area contributed by atoms with Crippen LogP contribution in [0.3, 0.4) is 0 Å². The average molecular weight is 254 g/mol. The molecule has 0 spiro atoms. The van der Waals surface area contributed by atoms with Gasteiger partial charge in [-0.3, -0.25) is 4.90 Å². The number of hydrogen-bond acceptors (Lipinski definition) is 5. The van der Waals surface area contributed by atoms with Crippen LogP contribution in [0.15, 0.2) is 12.4 Å². The second-order valence-electron chi connectivity index (χ2n) is 5.27. The minimum Gasteiger partial charge on any atom is -0.389 e. The first-order chi connectivity index (χ1) is 8.44. The van der Waals surface area contributed by atoms with E-state index in [9.17, 15) is 9.50 Å². The third kappa shape index (κ3) is 3.61. The van der Waals surface area contributed by atoms with Gasteiger partial charge in [-0.1, -0.05) is 0 Å². The van der Waals surface area contributed by atoms with Gasteiger partial charge in [-0.25, -0.2) is 9.97 Å². The zero-order chi connectivity index (χ0) is 13.2. The molecule has 1 aromatic rings. The zero-order valence-electron chi connectivity index (χ0n) is 10.8. The van der Waals surface area contributed by atoms with Crippen LogP contribution in [0.2, 0.25) is 0 Å². The Bertz CT molecular complexity index is 399. The number of hydrogen-bond donors (Lipinski definition) is 1. The van der Waals surface area contributed by atoms with Crippen molar-refractivity contribution in [3.63, 3.8) is 0 Å². The summed E-state index contributed by atoms with van der Waals surface area (Å²) in [6.07, 6.45) is 1.24. The van der Waals surface area contributed by atoms with E-state index < -0.39 is 11.5 Å². The molecule has 0 aliphatic carbocycles. The predicted octanol–water partition coefficient (Wildman–Crippen LogP) is 0.509. The zero-order valence-corrected chi connectivity index (χ0v) is 10.8. The molecule has 0 bridgehead atoms. The average Bonchev–Trinajstić information content (AvgIpc) is 2.28. The molecule has 2 heterocycles. The Labute approximate surface area is 106 Å². The summed E-state index contributed by atoms with van der Waals surface area (Å²) < 4.78 is 13.0. The molecule has 2 rings (SSSR count). The van der Waals surface area contributed by atoms with Gasteiger partial charge in [0.05, 0.1) is 5.60 Å². The number of halogens is 1. The van der Waals surface area contributed by atoms with Crippen molar-refractivity contribution in [1.82, 2.24) is 14.9 Å². The van der Waals surface area contributed by atoms with Gasteiger partial charge in [0, 0.05) is 38.8 Å². The Balaban J connectivity index is 1.91. The lowest BCUT2D eigenvalue weighted by atomic mass is 10.1. The van der Waals surface area contributed by atoms with Gasteiger partial charge in [-0.05, 0) is 13.8 Å². The largest absolute Gasteiger partial charge is 0.389 e. The normalized spacial score (nSPS) is 18.1. The van der Waals surface area contributed by atoms with E-state index in [1.165, 1.54) is 12.4 Å². The van der Waals surface area contributed by atoms with Gasteiger partial charge in [0.25, 0.3) is 0 Å². The molecule has 0 aromatic carbocycles. The first-order valence-corrected chi connectivity index (χ1v) is 6.11. The molecule has 0 amide bonds. The Morgan fingerprint density at radius 3 is 2.50 bits per heavy atom. The van der Waals surface area contributed by atoms with Crippen LogP contribution in [0, 0.1) is 5.95 Å². The topological polar surface area (TPSA) is 52.5 Å². The lowest BCUT2D eigenvalue weighted by Crippen LogP contribution is -2.50. The quantitative estimate of drug-likeness (QED) is 0.796. The Hall–Kier alpha value is -1.27. The van der Waals surface area contributed by atoms with Gasteiger partial charge >= 0.3 is 0 Å². The second-order valence-corrected chi connectivity index (χ2v) is 5.27. The SMILES string of the molecule is CC(C)(O)CN1CCN(c2cc(F)ncn2)CC1. The van der Waals surface area contributed by atoms with Crippen molar-refractivity contribution in [1.29, 1.82) is 0 Å². The van der Waals surface area contributed by atoms with Crippen molar-refractivity contribution >= 4 is 5.82 Å². The summed E-state index contributed by atoms with van der Waals surface area (Å²) in [5.41, 5.74) is -0.677. The lowest BCUT2D eigenvalue weighted by Gasteiger charge is -2.37. The second kappa shape index (κ2) is 5.16. The van der Waals surface area contributed by atoms with E-state index in [4.69, 9.17) is 0 Å². The van der Waals surface area contributed by atoms with Crippen molar-refractivity contribution in [2.45, 2.75) is 19.4 Å². The van der Waals surface area contributed by atoms with Crippen LogP contribution < -0.4 is 4.90 Å². The number of aromatic nitrogens is 2. The highest BCUT2D eigenvalue weighted by atomic mass is 19.1. The van der Waals surface area contributed by atoms with Crippen LogP contribution in [0.25, 0.3) is 0 Å². The molecule has 18 heavy (non-hydrogen) atoms. The minimum absolute atomic E-state index is 0.501. The summed E-state index contributed by atoms with van der Waals surface area (Å²) in [5.74, 6) is 0.129. The maximum Gasteiger partial charge on any atom is 0.218 e. The molecule has 0 unspecified atom stereocenters. The van der Waals surface area contributed by atoms with Crippen molar-refractivity contribution < 1.29 is 9.50 Å². The summed E-state index contributed by atoms with van der Waals surface area (Å²) in [6.45, 7) is 7.52. The molecule has 1 saturated heterocycles. The summed E-state index contributed by atoms with van der Waals surface area (Å²) in [7, 11) is 0. The van der Waals surface area contributed by atoms with Gasteiger partial charge in [0.2, 0.25) is 5.95 Å². The van der Waals surface area contributed by atoms with Crippen molar-refractivity contribution in [2.75, 3.05) is 37.6 Å². The molecule has 0 atom stereocenters. The fourth-order valence-electron chi connectivity index (χ4n) is 2.18. The molecule has 1 aromatic heterocycles. The van der Waals surface area contributed by atoms with E-state index in [0.29, 0.717) is 12.4 Å². The summed E-state index contributed by atoms with van der Waals surface area (Å²) >= 11 is 0. The molecule has 100 valence electrons. The summed E-state index contributed by atoms with van der Waals surface area (Å²) in [5, 5.41) is 9.76. The molecule has 1 aliphatic rings. The number of aliphatic hydroxyl groups is 1. The van der Waals surface area contributed by atoms with E-state index in [1.54, 1.807) is 13.8 Å². The lowest BCUT2D eigenvalue weighted by molar-refractivity contribution is 0.0344. The van der Waals surface area contributed by atoms with Crippen molar-refractivity contribution in [3.8, 4) is 0 Å². The minimum atomic E-state index is -0.677. The predicted molar refractivity (Wildman–Crippen MR) is 66.9 cm³/mol. The maximum atomic E-state index is 13.0. The summed E-state index contributed by atoms with van der Waals surface area (Å²) in [6, 6.07) is 1.35. The first-order valence-electron chi connectivity index (χ1n) is 6.11. The van der Waals surface area contributed by atoms with Gasteiger partial charge in [-0.2, -0.15) is 4.39 Å². The van der Waals surface area contributed by atoms with E-state index >= 15 is 0 Å². The number of piperazine rings is 1. The Kier molecular flexibility index (Phi) is 3.77. The van der Waals surface area contributed by atoms with Gasteiger partial charge in [0.1, 0.15) is 12.1 Å². The molecule has 6 heteroatoms. The van der Waals surface area contributed by atoms with Crippen molar-refractivity contribution in [2.24, 2.45) is 0 Å². The Morgan fingerprint density at radius 2 is 1.94 bits per heavy atom. The number of nitrogens with zero attached hydrogens (tertiary/aromatic N) is 4. The molecular formula is C12H19FN4O. The van der Waals surface area contributed by atoms with Crippen LogP contribution >= 0.6 is 0 Å². The molecule has 5 nitrogen and oxygen atoms in total. The van der Waals surface area contributed by atoms with Crippen LogP contribution in [0.4, 0.5) is 10.2 Å².